The van der Waals surface area contributed by atoms with Gasteiger partial charge in [-0.3, -0.25) is 9.78 Å². The Balaban J connectivity index is 2.08. The molecule has 2 aromatic carbocycles. The number of rotatable bonds is 2. The zero-order valence-electron chi connectivity index (χ0n) is 10.3. The molecule has 0 saturated carbocycles. The molecule has 0 aliphatic heterocycles. The molecule has 0 N–H and O–H groups in total. The molecule has 2 nitrogen and oxygen atoms in total. The number of pyridine rings is 1. The van der Waals surface area contributed by atoms with E-state index < -0.39 is 0 Å². The van der Waals surface area contributed by atoms with Gasteiger partial charge in [0, 0.05) is 27.2 Å². The Morgan fingerprint density at radius 3 is 2.70 bits per heavy atom. The first-order chi connectivity index (χ1) is 9.65. The van der Waals surface area contributed by atoms with Gasteiger partial charge in [-0.1, -0.05) is 45.7 Å². The minimum atomic E-state index is -0.124. The van der Waals surface area contributed by atoms with Gasteiger partial charge >= 0.3 is 0 Å². The Bertz CT molecular complexity index is 816. The second-order valence-electron chi connectivity index (χ2n) is 4.37. The lowest BCUT2D eigenvalue weighted by molar-refractivity contribution is 0.103. The quantitative estimate of drug-likeness (QED) is 0.619. The van der Waals surface area contributed by atoms with E-state index in [9.17, 15) is 4.79 Å². The van der Waals surface area contributed by atoms with Gasteiger partial charge in [-0.2, -0.15) is 0 Å². The highest BCUT2D eigenvalue weighted by atomic mass is 79.9. The lowest BCUT2D eigenvalue weighted by Gasteiger charge is -2.05. The molecule has 0 unspecified atom stereocenters. The standard InChI is InChI=1S/C16H9BrClNO/c17-12-5-6-13(14(18)8-12)16(20)11-7-10-3-1-2-4-15(10)19-9-11/h1-9H. The third kappa shape index (κ3) is 2.47. The number of nitrogens with zero attached hydrogens (tertiary/aromatic N) is 1. The van der Waals surface area contributed by atoms with E-state index >= 15 is 0 Å². The smallest absolute Gasteiger partial charge is 0.196 e. The fraction of sp³-hybridized carbons (Fsp3) is 0. The first-order valence-corrected chi connectivity index (χ1v) is 7.17. The summed E-state index contributed by atoms with van der Waals surface area (Å²) in [4.78, 5) is 16.8. The van der Waals surface area contributed by atoms with E-state index in [2.05, 4.69) is 20.9 Å². The number of ketones is 1. The zero-order valence-corrected chi connectivity index (χ0v) is 12.6. The van der Waals surface area contributed by atoms with E-state index in [-0.39, 0.29) is 5.78 Å². The van der Waals surface area contributed by atoms with Gasteiger partial charge in [-0.05, 0) is 30.3 Å². The van der Waals surface area contributed by atoms with Gasteiger partial charge in [0.05, 0.1) is 10.5 Å². The van der Waals surface area contributed by atoms with Crippen molar-refractivity contribution in [1.82, 2.24) is 4.98 Å². The first kappa shape index (κ1) is 13.3. The Hall–Kier alpha value is -1.71. The maximum Gasteiger partial charge on any atom is 0.196 e. The highest BCUT2D eigenvalue weighted by Gasteiger charge is 2.14. The number of halogens is 2. The molecule has 0 fully saturated rings. The van der Waals surface area contributed by atoms with Gasteiger partial charge in [-0.15, -0.1) is 0 Å². The number of carbonyl (C=O) groups is 1. The second kappa shape index (κ2) is 5.35. The number of carbonyl (C=O) groups excluding carboxylic acids is 1. The summed E-state index contributed by atoms with van der Waals surface area (Å²) in [5, 5.41) is 1.36. The van der Waals surface area contributed by atoms with Crippen molar-refractivity contribution in [2.24, 2.45) is 0 Å². The summed E-state index contributed by atoms with van der Waals surface area (Å²) in [7, 11) is 0. The Labute approximate surface area is 129 Å². The molecule has 1 heterocycles. The van der Waals surface area contributed by atoms with Gasteiger partial charge in [0.2, 0.25) is 0 Å². The fourth-order valence-electron chi connectivity index (χ4n) is 2.02. The molecule has 0 amide bonds. The molecular weight excluding hydrogens is 338 g/mol. The van der Waals surface area contributed by atoms with Crippen molar-refractivity contribution in [3.8, 4) is 0 Å². The minimum absolute atomic E-state index is 0.124. The van der Waals surface area contributed by atoms with Crippen LogP contribution >= 0.6 is 27.5 Å². The molecule has 0 radical (unpaired) electrons. The fourth-order valence-corrected chi connectivity index (χ4v) is 2.78. The third-order valence-electron chi connectivity index (χ3n) is 3.03. The highest BCUT2D eigenvalue weighted by molar-refractivity contribution is 9.10. The lowest BCUT2D eigenvalue weighted by atomic mass is 10.0. The molecule has 0 aliphatic rings. The molecule has 4 heteroatoms. The molecule has 3 aromatic rings. The maximum absolute atomic E-state index is 12.5. The van der Waals surface area contributed by atoms with Gasteiger partial charge in [0.25, 0.3) is 0 Å². The molecule has 0 spiro atoms. The molecule has 0 bridgehead atoms. The van der Waals surface area contributed by atoms with E-state index in [1.807, 2.05) is 30.3 Å². The molecule has 0 aliphatic carbocycles. The average molecular weight is 347 g/mol. The predicted molar refractivity (Wildman–Crippen MR) is 84.3 cm³/mol. The van der Waals surface area contributed by atoms with Crippen molar-refractivity contribution in [3.05, 3.63) is 75.4 Å². The Morgan fingerprint density at radius 2 is 1.90 bits per heavy atom. The van der Waals surface area contributed by atoms with Crippen LogP contribution in [0, 0.1) is 0 Å². The van der Waals surface area contributed by atoms with Crippen LogP contribution < -0.4 is 0 Å². The lowest BCUT2D eigenvalue weighted by Crippen LogP contribution is -2.03. The van der Waals surface area contributed by atoms with Gasteiger partial charge in [0.1, 0.15) is 0 Å². The number of hydrogen-bond acceptors (Lipinski definition) is 2. The number of benzene rings is 2. The molecule has 20 heavy (non-hydrogen) atoms. The number of hydrogen-bond donors (Lipinski definition) is 0. The maximum atomic E-state index is 12.5. The van der Waals surface area contributed by atoms with Crippen molar-refractivity contribution in [3.63, 3.8) is 0 Å². The van der Waals surface area contributed by atoms with Crippen LogP contribution in [-0.2, 0) is 0 Å². The number of para-hydroxylation sites is 1. The molecule has 0 atom stereocenters. The molecule has 1 aromatic heterocycles. The van der Waals surface area contributed by atoms with Crippen molar-refractivity contribution in [2.75, 3.05) is 0 Å². The van der Waals surface area contributed by atoms with Gasteiger partial charge in [0.15, 0.2) is 5.78 Å². The van der Waals surface area contributed by atoms with E-state index in [4.69, 9.17) is 11.6 Å². The normalized spacial score (nSPS) is 10.7. The van der Waals surface area contributed by atoms with E-state index in [1.54, 1.807) is 24.4 Å². The van der Waals surface area contributed by atoms with Crippen molar-refractivity contribution >= 4 is 44.2 Å². The Morgan fingerprint density at radius 1 is 1.10 bits per heavy atom. The monoisotopic (exact) mass is 345 g/mol. The SMILES string of the molecule is O=C(c1cnc2ccccc2c1)c1ccc(Br)cc1Cl. The zero-order chi connectivity index (χ0) is 14.1. The van der Waals surface area contributed by atoms with Crippen LogP contribution in [0.5, 0.6) is 0 Å². The predicted octanol–water partition coefficient (Wildman–Crippen LogP) is 4.88. The van der Waals surface area contributed by atoms with Crippen LogP contribution in [0.3, 0.4) is 0 Å². The molecule has 0 saturated heterocycles. The summed E-state index contributed by atoms with van der Waals surface area (Å²) < 4.78 is 0.843. The summed E-state index contributed by atoms with van der Waals surface area (Å²) in [5.41, 5.74) is 1.88. The summed E-state index contributed by atoms with van der Waals surface area (Å²) in [6, 6.07) is 14.7. The van der Waals surface area contributed by atoms with E-state index in [1.165, 1.54) is 0 Å². The van der Waals surface area contributed by atoms with Gasteiger partial charge < -0.3 is 0 Å². The largest absolute Gasteiger partial charge is 0.288 e. The summed E-state index contributed by atoms with van der Waals surface area (Å²) in [5.74, 6) is -0.124. The molecule has 98 valence electrons. The third-order valence-corrected chi connectivity index (χ3v) is 3.83. The van der Waals surface area contributed by atoms with E-state index in [0.29, 0.717) is 16.1 Å². The minimum Gasteiger partial charge on any atom is -0.288 e. The van der Waals surface area contributed by atoms with Crippen LogP contribution in [0.25, 0.3) is 10.9 Å². The Kier molecular flexibility index (Phi) is 3.55. The van der Waals surface area contributed by atoms with Gasteiger partial charge in [-0.25, -0.2) is 0 Å². The average Bonchev–Trinajstić information content (AvgIpc) is 2.46. The van der Waals surface area contributed by atoms with E-state index in [0.717, 1.165) is 15.4 Å². The van der Waals surface area contributed by atoms with Crippen LogP contribution in [0.4, 0.5) is 0 Å². The van der Waals surface area contributed by atoms with Crippen LogP contribution in [0.15, 0.2) is 59.2 Å². The van der Waals surface area contributed by atoms with Crippen LogP contribution in [0.2, 0.25) is 5.02 Å². The summed E-state index contributed by atoms with van der Waals surface area (Å²) in [6.45, 7) is 0. The molecule has 3 rings (SSSR count). The highest BCUT2D eigenvalue weighted by Crippen LogP contribution is 2.24. The number of fused-ring (bicyclic) bond motifs is 1. The number of aromatic nitrogens is 1. The van der Waals surface area contributed by atoms with Crippen molar-refractivity contribution in [2.45, 2.75) is 0 Å². The first-order valence-electron chi connectivity index (χ1n) is 6.00. The van der Waals surface area contributed by atoms with Crippen molar-refractivity contribution < 1.29 is 4.79 Å². The second-order valence-corrected chi connectivity index (χ2v) is 5.69. The topological polar surface area (TPSA) is 30.0 Å². The van der Waals surface area contributed by atoms with Crippen LogP contribution in [0.1, 0.15) is 15.9 Å². The molecular formula is C16H9BrClNO. The van der Waals surface area contributed by atoms with Crippen LogP contribution in [-0.4, -0.2) is 10.8 Å². The summed E-state index contributed by atoms with van der Waals surface area (Å²) >= 11 is 9.45. The van der Waals surface area contributed by atoms with Crippen molar-refractivity contribution in [1.29, 1.82) is 0 Å². The summed E-state index contributed by atoms with van der Waals surface area (Å²) in [6.07, 6.45) is 1.59.